The summed E-state index contributed by atoms with van der Waals surface area (Å²) in [7, 11) is 0. The third-order valence-corrected chi connectivity index (χ3v) is 9.28. The molecule has 0 bridgehead atoms. The zero-order chi connectivity index (χ0) is 34.7. The van der Waals surface area contributed by atoms with Crippen LogP contribution in [0, 0.1) is 5.92 Å². The highest BCUT2D eigenvalue weighted by Gasteiger charge is 2.53. The van der Waals surface area contributed by atoms with Gasteiger partial charge in [0.2, 0.25) is 5.91 Å². The van der Waals surface area contributed by atoms with Gasteiger partial charge in [-0.2, -0.15) is 0 Å². The molecule has 1 aromatic heterocycles. The monoisotopic (exact) mass is 657 g/mol. The molecule has 0 unspecified atom stereocenters. The van der Waals surface area contributed by atoms with Crippen LogP contribution < -0.4 is 10.6 Å². The molecule has 11 heteroatoms. The number of rotatable bonds is 9. The van der Waals surface area contributed by atoms with Crippen molar-refractivity contribution < 1.29 is 29.3 Å². The van der Waals surface area contributed by atoms with Gasteiger partial charge in [0.1, 0.15) is 11.3 Å². The van der Waals surface area contributed by atoms with Gasteiger partial charge in [-0.25, -0.2) is 9.59 Å². The van der Waals surface area contributed by atoms with E-state index in [2.05, 4.69) is 20.8 Å². The molecule has 0 radical (unpaired) electrons. The van der Waals surface area contributed by atoms with Crippen molar-refractivity contribution in [3.63, 3.8) is 0 Å². The van der Waals surface area contributed by atoms with E-state index in [4.69, 9.17) is 4.74 Å². The van der Waals surface area contributed by atoms with Crippen LogP contribution in [0.25, 0.3) is 22.4 Å². The number of aliphatic hydroxyl groups is 1. The zero-order valence-corrected chi connectivity index (χ0v) is 28.5. The number of nitrogens with zero attached hydrogens (tertiary/aromatic N) is 3. The maximum atomic E-state index is 13.1. The maximum absolute atomic E-state index is 13.1. The minimum absolute atomic E-state index is 0.00286. The lowest BCUT2D eigenvalue weighted by Crippen LogP contribution is -2.62. The van der Waals surface area contributed by atoms with Crippen LogP contribution in [0.1, 0.15) is 85.1 Å². The zero-order valence-electron chi connectivity index (χ0n) is 28.5. The Labute approximate surface area is 282 Å². The second kappa shape index (κ2) is 13.9. The van der Waals surface area contributed by atoms with Crippen molar-refractivity contribution >= 4 is 23.9 Å². The fraction of sp³-hybridized carbons (Fsp3) is 0.486. The largest absolute Gasteiger partial charge is 0.465 e. The van der Waals surface area contributed by atoms with E-state index >= 15 is 0 Å². The molecule has 3 amide bonds. The smallest absolute Gasteiger partial charge is 0.408 e. The molecule has 256 valence electrons. The number of carbonyl (C=O) groups is 3. The van der Waals surface area contributed by atoms with E-state index in [1.165, 1.54) is 4.90 Å². The number of hydrogen-bond donors (Lipinski definition) is 4. The minimum Gasteiger partial charge on any atom is -0.465 e. The summed E-state index contributed by atoms with van der Waals surface area (Å²) >= 11 is 0. The quantitative estimate of drug-likeness (QED) is 0.193. The Bertz CT molecular complexity index is 1600. The molecule has 5 rings (SSSR count). The maximum Gasteiger partial charge on any atom is 0.408 e. The third-order valence-electron chi connectivity index (χ3n) is 9.28. The Hall–Kier alpha value is -4.51. The topological polar surface area (TPSA) is 154 Å². The van der Waals surface area contributed by atoms with Gasteiger partial charge < -0.3 is 30.5 Å². The summed E-state index contributed by atoms with van der Waals surface area (Å²) in [5.41, 5.74) is 1.68. The van der Waals surface area contributed by atoms with Crippen LogP contribution in [0.3, 0.4) is 0 Å². The van der Waals surface area contributed by atoms with Crippen LogP contribution in [0.5, 0.6) is 0 Å². The van der Waals surface area contributed by atoms with Crippen LogP contribution in [-0.2, 0) is 15.1 Å². The highest BCUT2D eigenvalue weighted by molar-refractivity contribution is 5.91. The summed E-state index contributed by atoms with van der Waals surface area (Å²) in [5.74, 6) is 0.391. The van der Waals surface area contributed by atoms with Gasteiger partial charge >= 0.3 is 12.2 Å². The Morgan fingerprint density at radius 2 is 1.60 bits per heavy atom. The van der Waals surface area contributed by atoms with Gasteiger partial charge in [-0.15, -0.1) is 10.2 Å². The molecule has 48 heavy (non-hydrogen) atoms. The Morgan fingerprint density at radius 1 is 0.958 bits per heavy atom. The molecule has 0 spiro atoms. The van der Waals surface area contributed by atoms with Gasteiger partial charge in [-0.05, 0) is 83.4 Å². The molecule has 0 aliphatic heterocycles. The van der Waals surface area contributed by atoms with Gasteiger partial charge in [0, 0.05) is 43.0 Å². The molecular weight excluding hydrogens is 610 g/mol. The highest BCUT2D eigenvalue weighted by Crippen LogP contribution is 2.48. The molecule has 2 fully saturated rings. The van der Waals surface area contributed by atoms with E-state index in [0.717, 1.165) is 47.9 Å². The van der Waals surface area contributed by atoms with E-state index in [0.29, 0.717) is 37.3 Å². The van der Waals surface area contributed by atoms with E-state index in [1.54, 1.807) is 6.92 Å². The van der Waals surface area contributed by atoms with E-state index < -0.39 is 28.9 Å². The Balaban J connectivity index is 1.32. The molecule has 4 N–H and O–H groups in total. The average Bonchev–Trinajstić information content (AvgIpc) is 3.00. The van der Waals surface area contributed by atoms with E-state index in [9.17, 15) is 24.6 Å². The number of ether oxygens (including phenoxy) is 1. The Morgan fingerprint density at radius 3 is 2.17 bits per heavy atom. The second-order valence-electron chi connectivity index (χ2n) is 14.5. The van der Waals surface area contributed by atoms with Gasteiger partial charge in [0.15, 0.2) is 5.82 Å². The number of carboxylic acid groups (broad SMARTS) is 1. The van der Waals surface area contributed by atoms with E-state index in [1.807, 2.05) is 88.4 Å². The van der Waals surface area contributed by atoms with Crippen molar-refractivity contribution in [2.45, 2.75) is 102 Å². The summed E-state index contributed by atoms with van der Waals surface area (Å²) in [4.78, 5) is 38.8. The SMILES string of the molecule is CCN(C(=O)O)[C@H]1CC[C@H](CC(=O)Nc2cc(-c3ccccc3)c(-c3ccc([C@]4(NC(=O)OC(C)(C)C)C[C@](C)(O)C4)cc3)nn2)CC1. The van der Waals surface area contributed by atoms with Crippen LogP contribution >= 0.6 is 0 Å². The van der Waals surface area contributed by atoms with Crippen LogP contribution in [-0.4, -0.2) is 67.2 Å². The van der Waals surface area contributed by atoms with Crippen molar-refractivity contribution in [1.29, 1.82) is 0 Å². The number of benzene rings is 2. The van der Waals surface area contributed by atoms with Crippen LogP contribution in [0.4, 0.5) is 15.4 Å². The number of carbonyl (C=O) groups excluding carboxylic acids is 2. The number of anilines is 1. The molecule has 2 aromatic carbocycles. The predicted molar refractivity (Wildman–Crippen MR) is 183 cm³/mol. The molecule has 11 nitrogen and oxygen atoms in total. The average molecular weight is 658 g/mol. The number of nitrogens with one attached hydrogen (secondary N) is 2. The molecule has 3 aromatic rings. The first-order chi connectivity index (χ1) is 22.7. The standard InChI is InChI=1S/C37H47N5O6/c1-6-42(34(45)46)28-18-12-24(13-19-28)20-31(43)38-30-21-29(25-10-8-7-9-11-25)32(41-40-30)26-14-16-27(17-15-26)37(22-36(5,47)23-37)39-33(44)48-35(2,3)4/h7-11,14-17,21,24,28,47H,6,12-13,18-20,22-23H2,1-5H3,(H,39,44)(H,45,46)(H,38,40,43)/t24-,28-,36-,37-. The number of amides is 3. The van der Waals surface area contributed by atoms with Crippen molar-refractivity contribution in [2.24, 2.45) is 5.92 Å². The van der Waals surface area contributed by atoms with Gasteiger partial charge in [0.05, 0.1) is 11.1 Å². The third kappa shape index (κ3) is 8.31. The number of alkyl carbamates (subject to hydrolysis) is 1. The van der Waals surface area contributed by atoms with Gasteiger partial charge in [-0.3, -0.25) is 4.79 Å². The first-order valence-electron chi connectivity index (χ1n) is 16.7. The van der Waals surface area contributed by atoms with Crippen LogP contribution in [0.15, 0.2) is 60.7 Å². The molecule has 0 atom stereocenters. The molecule has 2 aliphatic rings. The number of aromatic nitrogens is 2. The van der Waals surface area contributed by atoms with E-state index in [-0.39, 0.29) is 17.9 Å². The van der Waals surface area contributed by atoms with Gasteiger partial charge in [-0.1, -0.05) is 54.6 Å². The summed E-state index contributed by atoms with van der Waals surface area (Å²) < 4.78 is 5.52. The minimum atomic E-state index is -0.907. The normalized spacial score (nSPS) is 23.8. The molecule has 2 aliphatic carbocycles. The van der Waals surface area contributed by atoms with Crippen molar-refractivity contribution in [3.8, 4) is 22.4 Å². The molecule has 1 heterocycles. The summed E-state index contributed by atoms with van der Waals surface area (Å²) in [6.07, 6.45) is 2.70. The van der Waals surface area contributed by atoms with Crippen molar-refractivity contribution in [2.75, 3.05) is 11.9 Å². The summed E-state index contributed by atoms with van der Waals surface area (Å²) in [6.45, 7) is 9.49. The lowest BCUT2D eigenvalue weighted by atomic mass is 9.62. The van der Waals surface area contributed by atoms with Crippen molar-refractivity contribution in [3.05, 3.63) is 66.2 Å². The molecular formula is C37H47N5O6. The number of hydrogen-bond acceptors (Lipinski definition) is 7. The van der Waals surface area contributed by atoms with Crippen LogP contribution in [0.2, 0.25) is 0 Å². The fourth-order valence-electron chi connectivity index (χ4n) is 7.23. The second-order valence-corrected chi connectivity index (χ2v) is 14.5. The first kappa shape index (κ1) is 34.8. The molecule has 0 saturated heterocycles. The summed E-state index contributed by atoms with van der Waals surface area (Å²) in [5, 5.41) is 35.0. The first-order valence-corrected chi connectivity index (χ1v) is 16.7. The lowest BCUT2D eigenvalue weighted by Gasteiger charge is -2.52. The Kier molecular flexibility index (Phi) is 10.1. The highest BCUT2D eigenvalue weighted by atomic mass is 16.6. The van der Waals surface area contributed by atoms with Gasteiger partial charge in [0.25, 0.3) is 0 Å². The summed E-state index contributed by atoms with van der Waals surface area (Å²) in [6, 6.07) is 19.3. The molecule has 2 saturated carbocycles. The predicted octanol–water partition coefficient (Wildman–Crippen LogP) is 6.96. The lowest BCUT2D eigenvalue weighted by molar-refractivity contribution is -0.117. The fourth-order valence-corrected chi connectivity index (χ4v) is 7.23. The van der Waals surface area contributed by atoms with Crippen molar-refractivity contribution in [1.82, 2.24) is 20.4 Å².